The zero-order valence-corrected chi connectivity index (χ0v) is 11.6. The van der Waals surface area contributed by atoms with E-state index in [2.05, 4.69) is 21.2 Å². The van der Waals surface area contributed by atoms with Crippen molar-refractivity contribution in [2.24, 2.45) is 0 Å². The van der Waals surface area contributed by atoms with Gasteiger partial charge in [-0.25, -0.2) is 0 Å². The Morgan fingerprint density at radius 2 is 1.84 bits per heavy atom. The second-order valence-corrected chi connectivity index (χ2v) is 5.45. The maximum absolute atomic E-state index is 12.2. The van der Waals surface area contributed by atoms with Crippen molar-refractivity contribution in [3.05, 3.63) is 64.1 Å². The summed E-state index contributed by atoms with van der Waals surface area (Å²) in [6.07, 6.45) is -1.07. The Balaban J connectivity index is 2.04. The van der Waals surface area contributed by atoms with Crippen LogP contribution in [0.15, 0.2) is 53.0 Å². The van der Waals surface area contributed by atoms with Gasteiger partial charge < -0.3 is 10.4 Å². The number of nitrogens with one attached hydrogen (secondary N) is 1. The molecular formula is C15H12BrNO2. The van der Waals surface area contributed by atoms with E-state index in [-0.39, 0.29) is 5.78 Å². The molecule has 0 aromatic heterocycles. The lowest BCUT2D eigenvalue weighted by Crippen LogP contribution is -2.37. The SMILES string of the molecule is O=C1c2cc(Br)ccc2N[C@@H](c2ccccc2)[C@H]1O. The van der Waals surface area contributed by atoms with Crippen LogP contribution in [0, 0.1) is 0 Å². The van der Waals surface area contributed by atoms with Crippen molar-refractivity contribution in [3.63, 3.8) is 0 Å². The van der Waals surface area contributed by atoms with E-state index in [0.717, 1.165) is 15.7 Å². The zero-order chi connectivity index (χ0) is 13.4. The highest BCUT2D eigenvalue weighted by Gasteiger charge is 2.34. The molecule has 1 aliphatic heterocycles. The summed E-state index contributed by atoms with van der Waals surface area (Å²) in [4.78, 5) is 12.2. The quantitative estimate of drug-likeness (QED) is 0.849. The third-order valence-corrected chi connectivity index (χ3v) is 3.79. The molecular weight excluding hydrogens is 306 g/mol. The summed E-state index contributed by atoms with van der Waals surface area (Å²) >= 11 is 3.34. The molecule has 2 aromatic carbocycles. The highest BCUT2D eigenvalue weighted by atomic mass is 79.9. The van der Waals surface area contributed by atoms with Gasteiger partial charge in [-0.1, -0.05) is 46.3 Å². The molecule has 3 nitrogen and oxygen atoms in total. The number of hydrogen-bond donors (Lipinski definition) is 2. The molecule has 0 bridgehead atoms. The van der Waals surface area contributed by atoms with Gasteiger partial charge in [0.25, 0.3) is 0 Å². The molecule has 1 heterocycles. The second-order valence-electron chi connectivity index (χ2n) is 4.53. The van der Waals surface area contributed by atoms with Crippen LogP contribution in [0.25, 0.3) is 0 Å². The fraction of sp³-hybridized carbons (Fsp3) is 0.133. The van der Waals surface area contributed by atoms with Crippen LogP contribution in [0.2, 0.25) is 0 Å². The van der Waals surface area contributed by atoms with Gasteiger partial charge in [0, 0.05) is 15.7 Å². The van der Waals surface area contributed by atoms with E-state index in [4.69, 9.17) is 0 Å². The first-order chi connectivity index (χ1) is 9.16. The average molecular weight is 318 g/mol. The largest absolute Gasteiger partial charge is 0.382 e. The van der Waals surface area contributed by atoms with E-state index in [1.165, 1.54) is 0 Å². The number of Topliss-reactive ketones (excluding diaryl/α,β-unsaturated/α-hetero) is 1. The summed E-state index contributed by atoms with van der Waals surface area (Å²) in [5.41, 5.74) is 2.18. The Morgan fingerprint density at radius 1 is 1.11 bits per heavy atom. The third-order valence-electron chi connectivity index (χ3n) is 3.30. The smallest absolute Gasteiger partial charge is 0.195 e. The number of anilines is 1. The third kappa shape index (κ3) is 2.17. The minimum absolute atomic E-state index is 0.246. The molecule has 1 aliphatic rings. The number of halogens is 1. The van der Waals surface area contributed by atoms with Gasteiger partial charge in [0.2, 0.25) is 0 Å². The lowest BCUT2D eigenvalue weighted by molar-refractivity contribution is 0.0695. The molecule has 0 unspecified atom stereocenters. The lowest BCUT2D eigenvalue weighted by Gasteiger charge is -2.30. The maximum Gasteiger partial charge on any atom is 0.195 e. The van der Waals surface area contributed by atoms with Gasteiger partial charge in [-0.3, -0.25) is 4.79 Å². The number of benzene rings is 2. The van der Waals surface area contributed by atoms with Crippen molar-refractivity contribution < 1.29 is 9.90 Å². The van der Waals surface area contributed by atoms with E-state index >= 15 is 0 Å². The Labute approximate surface area is 119 Å². The first kappa shape index (κ1) is 12.4. The summed E-state index contributed by atoms with van der Waals surface area (Å²) in [5.74, 6) is -0.246. The number of hydrogen-bond acceptors (Lipinski definition) is 3. The van der Waals surface area contributed by atoms with Crippen molar-refractivity contribution in [3.8, 4) is 0 Å². The van der Waals surface area contributed by atoms with Crippen LogP contribution in [-0.2, 0) is 0 Å². The van der Waals surface area contributed by atoms with Crippen molar-refractivity contribution in [2.45, 2.75) is 12.1 Å². The summed E-state index contributed by atoms with van der Waals surface area (Å²) in [7, 11) is 0. The Kier molecular flexibility index (Phi) is 3.12. The maximum atomic E-state index is 12.2. The van der Waals surface area contributed by atoms with Crippen LogP contribution in [-0.4, -0.2) is 17.0 Å². The normalized spacial score (nSPS) is 21.7. The standard InChI is InChI=1S/C15H12BrNO2/c16-10-6-7-12-11(8-10)14(18)15(19)13(17-12)9-4-2-1-3-5-9/h1-8,13,15,17,19H/t13-,15+/m0/s1. The van der Waals surface area contributed by atoms with E-state index in [0.29, 0.717) is 5.56 Å². The van der Waals surface area contributed by atoms with Gasteiger partial charge >= 0.3 is 0 Å². The molecule has 4 heteroatoms. The summed E-state index contributed by atoms with van der Waals surface area (Å²) in [6, 6.07) is 14.5. The van der Waals surface area contributed by atoms with Crippen LogP contribution in [0.4, 0.5) is 5.69 Å². The van der Waals surface area contributed by atoms with Crippen LogP contribution >= 0.6 is 15.9 Å². The number of carbonyl (C=O) groups is 1. The Hall–Kier alpha value is -1.65. The van der Waals surface area contributed by atoms with Crippen LogP contribution in [0.5, 0.6) is 0 Å². The van der Waals surface area contributed by atoms with Gasteiger partial charge in [-0.15, -0.1) is 0 Å². The highest BCUT2D eigenvalue weighted by molar-refractivity contribution is 9.10. The molecule has 0 aliphatic carbocycles. The van der Waals surface area contributed by atoms with E-state index in [9.17, 15) is 9.90 Å². The molecule has 19 heavy (non-hydrogen) atoms. The number of fused-ring (bicyclic) bond motifs is 1. The minimum atomic E-state index is -1.07. The van der Waals surface area contributed by atoms with Gasteiger partial charge in [0.15, 0.2) is 5.78 Å². The molecule has 2 aromatic rings. The topological polar surface area (TPSA) is 49.3 Å². The molecule has 96 valence electrons. The van der Waals surface area contributed by atoms with E-state index in [1.807, 2.05) is 42.5 Å². The summed E-state index contributed by atoms with van der Waals surface area (Å²) < 4.78 is 0.826. The van der Waals surface area contributed by atoms with Crippen LogP contribution in [0.3, 0.4) is 0 Å². The first-order valence-corrected chi connectivity index (χ1v) is 6.79. The molecule has 0 radical (unpaired) electrons. The van der Waals surface area contributed by atoms with E-state index < -0.39 is 12.1 Å². The van der Waals surface area contributed by atoms with Crippen molar-refractivity contribution >= 4 is 27.4 Å². The number of carbonyl (C=O) groups excluding carboxylic acids is 1. The molecule has 0 fully saturated rings. The highest BCUT2D eigenvalue weighted by Crippen LogP contribution is 2.34. The van der Waals surface area contributed by atoms with Crippen molar-refractivity contribution in [1.29, 1.82) is 0 Å². The Morgan fingerprint density at radius 3 is 2.58 bits per heavy atom. The molecule has 0 saturated heterocycles. The van der Waals surface area contributed by atoms with Gasteiger partial charge in [-0.2, -0.15) is 0 Å². The van der Waals surface area contributed by atoms with E-state index in [1.54, 1.807) is 6.07 Å². The number of aliphatic hydroxyl groups is 1. The van der Waals surface area contributed by atoms with Gasteiger partial charge in [-0.05, 0) is 23.8 Å². The van der Waals surface area contributed by atoms with Gasteiger partial charge in [0.1, 0.15) is 6.10 Å². The monoisotopic (exact) mass is 317 g/mol. The van der Waals surface area contributed by atoms with Crippen molar-refractivity contribution in [1.82, 2.24) is 0 Å². The molecule has 3 rings (SSSR count). The summed E-state index contributed by atoms with van der Waals surface area (Å²) in [6.45, 7) is 0. The van der Waals surface area contributed by atoms with Crippen molar-refractivity contribution in [2.75, 3.05) is 5.32 Å². The predicted octanol–water partition coefficient (Wildman–Crippen LogP) is 3.16. The molecule has 2 N–H and O–H groups in total. The molecule has 0 saturated carbocycles. The predicted molar refractivity (Wildman–Crippen MR) is 77.3 cm³/mol. The number of rotatable bonds is 1. The van der Waals surface area contributed by atoms with Crippen LogP contribution < -0.4 is 5.32 Å². The number of aliphatic hydroxyl groups excluding tert-OH is 1. The fourth-order valence-electron chi connectivity index (χ4n) is 2.33. The number of ketones is 1. The average Bonchev–Trinajstić information content (AvgIpc) is 2.44. The summed E-state index contributed by atoms with van der Waals surface area (Å²) in [5, 5.41) is 13.4. The fourth-order valence-corrected chi connectivity index (χ4v) is 2.69. The molecule has 2 atom stereocenters. The first-order valence-electron chi connectivity index (χ1n) is 6.00. The second kappa shape index (κ2) is 4.79. The minimum Gasteiger partial charge on any atom is -0.382 e. The molecule has 0 amide bonds. The molecule has 0 spiro atoms. The zero-order valence-electron chi connectivity index (χ0n) is 10.0. The Bertz CT molecular complexity index is 627. The van der Waals surface area contributed by atoms with Gasteiger partial charge in [0.05, 0.1) is 6.04 Å². The lowest BCUT2D eigenvalue weighted by atomic mass is 9.90. The van der Waals surface area contributed by atoms with Crippen LogP contribution in [0.1, 0.15) is 22.0 Å².